The zero-order valence-corrected chi connectivity index (χ0v) is 18.3. The van der Waals surface area contributed by atoms with Gasteiger partial charge < -0.3 is 14.9 Å². The minimum absolute atomic E-state index is 0.0202. The molecule has 0 spiro atoms. The van der Waals surface area contributed by atoms with Crippen molar-refractivity contribution < 1.29 is 13.7 Å². The minimum atomic E-state index is -2.04. The maximum Gasteiger partial charge on any atom is 0.224 e. The largest absolute Gasteiger partial charge is 0.494 e. The summed E-state index contributed by atoms with van der Waals surface area (Å²) in [4.78, 5) is 16.7. The van der Waals surface area contributed by atoms with Gasteiger partial charge in [-0.05, 0) is 49.6 Å². The lowest BCUT2D eigenvalue weighted by Crippen LogP contribution is -2.46. The summed E-state index contributed by atoms with van der Waals surface area (Å²) in [6.07, 6.45) is -0.160. The number of ether oxygens (including phenoxy) is 1. The number of hydrogen-bond donors (Lipinski definition) is 1. The van der Waals surface area contributed by atoms with Crippen molar-refractivity contribution in [2.24, 2.45) is 0 Å². The first-order chi connectivity index (χ1) is 15.8. The van der Waals surface area contributed by atoms with Crippen molar-refractivity contribution in [1.29, 1.82) is 0 Å². The number of nitrogens with one attached hydrogen (secondary N) is 1. The average Bonchev–Trinajstić information content (AvgIpc) is 2.80. The summed E-state index contributed by atoms with van der Waals surface area (Å²) in [5.41, 5.74) is 2.02. The Bertz CT molecular complexity index is 1020. The number of piperazine rings is 1. The Kier molecular flexibility index (Phi) is 5.84. The summed E-state index contributed by atoms with van der Waals surface area (Å²) >= 11 is 12.5. The molecule has 0 aliphatic carbocycles. The van der Waals surface area contributed by atoms with Gasteiger partial charge in [0.2, 0.25) is 5.91 Å². The van der Waals surface area contributed by atoms with Gasteiger partial charge in [0.15, 0.2) is 1.41 Å². The van der Waals surface area contributed by atoms with Gasteiger partial charge in [-0.25, -0.2) is 0 Å². The van der Waals surface area contributed by atoms with Crippen molar-refractivity contribution in [3.8, 4) is 5.75 Å². The van der Waals surface area contributed by atoms with Crippen molar-refractivity contribution in [3.63, 3.8) is 0 Å². The lowest BCUT2D eigenvalue weighted by Gasteiger charge is -2.36. The number of nitrogens with zero attached hydrogens (tertiary/aromatic N) is 2. The second-order valence-electron chi connectivity index (χ2n) is 7.52. The van der Waals surface area contributed by atoms with Gasteiger partial charge in [-0.3, -0.25) is 9.69 Å². The second-order valence-corrected chi connectivity index (χ2v) is 8.30. The average molecular weight is 451 g/mol. The van der Waals surface area contributed by atoms with Crippen LogP contribution < -0.4 is 14.9 Å². The first kappa shape index (κ1) is 17.7. The number of hydrogen-bond acceptors (Lipinski definition) is 4. The number of aryl methyl sites for hydroxylation is 1. The lowest BCUT2D eigenvalue weighted by molar-refractivity contribution is -0.116. The quantitative estimate of drug-likeness (QED) is 0.611. The maximum absolute atomic E-state index is 12.0. The molecule has 4 rings (SSSR count). The van der Waals surface area contributed by atoms with E-state index in [1.54, 1.807) is 24.3 Å². The number of amides is 1. The molecule has 1 N–H and O–H groups in total. The molecule has 5 nitrogen and oxygen atoms in total. The van der Waals surface area contributed by atoms with Gasteiger partial charge in [-0.2, -0.15) is 0 Å². The number of fused-ring (bicyclic) bond motifs is 1. The molecule has 160 valence electrons. The van der Waals surface area contributed by atoms with E-state index in [9.17, 15) is 4.79 Å². The molecule has 1 amide bonds. The molecule has 0 bridgehead atoms. The highest BCUT2D eigenvalue weighted by Gasteiger charge is 2.19. The van der Waals surface area contributed by atoms with E-state index < -0.39 is 12.3 Å². The summed E-state index contributed by atoms with van der Waals surface area (Å²) in [7, 11) is 0. The fourth-order valence-corrected chi connectivity index (χ4v) is 4.20. The van der Waals surface area contributed by atoms with E-state index >= 15 is 0 Å². The zero-order chi connectivity index (χ0) is 23.6. The second kappa shape index (κ2) is 9.90. The van der Waals surface area contributed by atoms with Gasteiger partial charge in [-0.15, -0.1) is 0 Å². The molecule has 30 heavy (non-hydrogen) atoms. The summed E-state index contributed by atoms with van der Waals surface area (Å²) in [5, 5.41) is 1.84. The van der Waals surface area contributed by atoms with Crippen molar-refractivity contribution in [2.75, 3.05) is 49.5 Å². The molecular weight excluding hydrogens is 421 g/mol. The molecule has 2 aromatic carbocycles. The van der Waals surface area contributed by atoms with Crippen LogP contribution in [0.5, 0.6) is 5.75 Å². The van der Waals surface area contributed by atoms with E-state index in [4.69, 9.17) is 32.1 Å². The van der Waals surface area contributed by atoms with E-state index in [0.717, 1.165) is 51.3 Å². The Balaban J connectivity index is 1.19. The summed E-state index contributed by atoms with van der Waals surface area (Å²) in [5.74, 6) is -0.252. The van der Waals surface area contributed by atoms with Gasteiger partial charge in [0.05, 0.1) is 22.3 Å². The van der Waals surface area contributed by atoms with Crippen LogP contribution >= 0.6 is 23.2 Å². The summed E-state index contributed by atoms with van der Waals surface area (Å²) in [6, 6.07) is 10.9. The van der Waals surface area contributed by atoms with Crippen LogP contribution in [0.2, 0.25) is 11.5 Å². The van der Waals surface area contributed by atoms with Gasteiger partial charge >= 0.3 is 0 Å². The third kappa shape index (κ3) is 5.20. The monoisotopic (exact) mass is 450 g/mol. The standard InChI is InChI=1S/C23H27Cl2N3O2/c24-19-4-3-5-21(23(19)25)28-13-11-27(12-14-28)10-1-2-15-30-18-8-6-17-7-9-22(29)26-20(17)16-18/h3-6,8,16H,1-2,7,9-15H2,(H,26,29)/i9D2/hD. The third-order valence-electron chi connectivity index (χ3n) is 5.49. The third-order valence-corrected chi connectivity index (χ3v) is 6.30. The van der Waals surface area contributed by atoms with Crippen LogP contribution in [-0.2, 0) is 11.2 Å². The highest BCUT2D eigenvalue weighted by Crippen LogP contribution is 2.33. The van der Waals surface area contributed by atoms with Crippen molar-refractivity contribution >= 4 is 40.5 Å². The molecule has 0 aromatic heterocycles. The van der Waals surface area contributed by atoms with Gasteiger partial charge in [0.1, 0.15) is 5.75 Å². The van der Waals surface area contributed by atoms with Crippen LogP contribution in [0.25, 0.3) is 0 Å². The number of anilines is 2. The van der Waals surface area contributed by atoms with E-state index in [-0.39, 0.29) is 6.42 Å². The van der Waals surface area contributed by atoms with Crippen LogP contribution in [0.1, 0.15) is 27.5 Å². The fraction of sp³-hybridized carbons (Fsp3) is 0.435. The number of benzene rings is 2. The molecule has 2 aliphatic rings. The number of unbranched alkanes of at least 4 members (excludes halogenated alkanes) is 1. The zero-order valence-electron chi connectivity index (χ0n) is 19.7. The van der Waals surface area contributed by atoms with E-state index in [1.165, 1.54) is 0 Å². The SMILES string of the molecule is [2H]N1C(=O)C([2H])([2H])Cc2ccc(OCCCCN3CCN(c4cccc(Cl)c4Cl)CC3)cc21. The predicted molar refractivity (Wildman–Crippen MR) is 123 cm³/mol. The smallest absolute Gasteiger partial charge is 0.224 e. The first-order valence-corrected chi connectivity index (χ1v) is 11.0. The molecule has 0 radical (unpaired) electrons. The number of carbonyl (C=O) groups is 1. The highest BCUT2D eigenvalue weighted by molar-refractivity contribution is 6.43. The maximum atomic E-state index is 12.0. The Hall–Kier alpha value is -1.95. The molecule has 2 heterocycles. The van der Waals surface area contributed by atoms with Crippen LogP contribution in [0.15, 0.2) is 36.4 Å². The first-order valence-electron chi connectivity index (χ1n) is 11.7. The van der Waals surface area contributed by atoms with Crippen molar-refractivity contribution in [2.45, 2.75) is 25.6 Å². The fourth-order valence-electron chi connectivity index (χ4n) is 3.78. The van der Waals surface area contributed by atoms with Crippen LogP contribution in [0.3, 0.4) is 0 Å². The van der Waals surface area contributed by atoms with Crippen molar-refractivity contribution in [3.05, 3.63) is 52.0 Å². The topological polar surface area (TPSA) is 44.8 Å². The Labute approximate surface area is 192 Å². The molecule has 2 aromatic rings. The summed E-state index contributed by atoms with van der Waals surface area (Å²) in [6.45, 7) is 5.29. The van der Waals surface area contributed by atoms with Crippen LogP contribution in [0, 0.1) is 0 Å². The highest BCUT2D eigenvalue weighted by atomic mass is 35.5. The Morgan fingerprint density at radius 3 is 2.80 bits per heavy atom. The molecule has 1 fully saturated rings. The van der Waals surface area contributed by atoms with Crippen LogP contribution in [0.4, 0.5) is 11.4 Å². The number of rotatable bonds is 7. The summed E-state index contributed by atoms with van der Waals surface area (Å²) < 4.78 is 29.3. The Morgan fingerprint density at radius 1 is 1.13 bits per heavy atom. The van der Waals surface area contributed by atoms with E-state index in [1.807, 2.05) is 12.1 Å². The molecule has 0 saturated carbocycles. The molecule has 0 atom stereocenters. The van der Waals surface area contributed by atoms with E-state index in [2.05, 4.69) is 9.80 Å². The normalized spacial score (nSPS) is 20.3. The molecule has 7 heteroatoms. The molecule has 0 unspecified atom stereocenters. The Morgan fingerprint density at radius 2 is 1.97 bits per heavy atom. The van der Waals surface area contributed by atoms with Crippen molar-refractivity contribution in [1.82, 2.24) is 4.90 Å². The van der Waals surface area contributed by atoms with Gasteiger partial charge in [0, 0.05) is 47.0 Å². The van der Waals surface area contributed by atoms with Gasteiger partial charge in [-0.1, -0.05) is 35.3 Å². The number of carbonyl (C=O) groups excluding carboxylic acids is 1. The molecular formula is C23H27Cl2N3O2. The van der Waals surface area contributed by atoms with Gasteiger partial charge in [0.25, 0.3) is 0 Å². The predicted octanol–water partition coefficient (Wildman–Crippen LogP) is 4.86. The van der Waals surface area contributed by atoms with Crippen LogP contribution in [-0.4, -0.2) is 50.1 Å². The molecule has 2 aliphatic heterocycles. The number of halogens is 2. The van der Waals surface area contributed by atoms with E-state index in [0.29, 0.717) is 39.0 Å². The minimum Gasteiger partial charge on any atom is -0.494 e. The lowest BCUT2D eigenvalue weighted by atomic mass is 10.0. The molecule has 1 saturated heterocycles.